The Morgan fingerprint density at radius 2 is 2.23 bits per heavy atom. The van der Waals surface area contributed by atoms with Gasteiger partial charge in [0.25, 0.3) is 0 Å². The molecule has 0 bridgehead atoms. The molecule has 0 saturated carbocycles. The first kappa shape index (κ1) is 8.85. The van der Waals surface area contributed by atoms with Gasteiger partial charge in [0.15, 0.2) is 0 Å². The molecule has 0 fully saturated rings. The molecule has 1 heterocycles. The summed E-state index contributed by atoms with van der Waals surface area (Å²) in [5.41, 5.74) is 7.03. The molecule has 0 aliphatic carbocycles. The number of halogens is 1. The molecule has 0 aliphatic heterocycles. The fraction of sp³-hybridized carbons (Fsp3) is 0.200. The van der Waals surface area contributed by atoms with E-state index in [1.165, 1.54) is 10.3 Å². The lowest BCUT2D eigenvalue weighted by molar-refractivity contribution is 1.15. The Bertz CT molecular complexity index is 447. The summed E-state index contributed by atoms with van der Waals surface area (Å²) in [6.07, 6.45) is 1.03. The van der Waals surface area contributed by atoms with Crippen molar-refractivity contribution in [3.05, 3.63) is 28.8 Å². The molecule has 0 radical (unpaired) electrons. The molecule has 2 rings (SSSR count). The third kappa shape index (κ3) is 1.40. The number of hydrogen-bond acceptors (Lipinski definition) is 2. The monoisotopic (exact) mass is 211 g/mol. The highest BCUT2D eigenvalue weighted by Gasteiger charge is 2.06. The van der Waals surface area contributed by atoms with Crippen LogP contribution in [-0.2, 0) is 6.42 Å². The van der Waals surface area contributed by atoms with E-state index in [-0.39, 0.29) is 0 Å². The molecule has 1 aromatic heterocycles. The van der Waals surface area contributed by atoms with Crippen molar-refractivity contribution in [2.45, 2.75) is 13.3 Å². The van der Waals surface area contributed by atoms with Crippen LogP contribution in [0, 0.1) is 0 Å². The molecule has 13 heavy (non-hydrogen) atoms. The average Bonchev–Trinajstić information content (AvgIpc) is 2.43. The van der Waals surface area contributed by atoms with Crippen LogP contribution in [-0.4, -0.2) is 0 Å². The molecule has 68 valence electrons. The van der Waals surface area contributed by atoms with Crippen molar-refractivity contribution < 1.29 is 0 Å². The molecule has 3 heteroatoms. The van der Waals surface area contributed by atoms with Gasteiger partial charge < -0.3 is 5.73 Å². The van der Waals surface area contributed by atoms with E-state index in [2.05, 4.69) is 25.1 Å². The minimum Gasteiger partial charge on any atom is -0.389 e. The van der Waals surface area contributed by atoms with Gasteiger partial charge >= 0.3 is 0 Å². The topological polar surface area (TPSA) is 26.0 Å². The first-order valence-corrected chi connectivity index (χ1v) is 5.38. The van der Waals surface area contributed by atoms with Crippen molar-refractivity contribution >= 4 is 38.0 Å². The smallest absolute Gasteiger partial charge is 0.106 e. The quantitative estimate of drug-likeness (QED) is 0.765. The van der Waals surface area contributed by atoms with Crippen LogP contribution < -0.4 is 5.73 Å². The van der Waals surface area contributed by atoms with E-state index in [0.717, 1.165) is 11.8 Å². The number of thiophene rings is 1. The summed E-state index contributed by atoms with van der Waals surface area (Å²) < 4.78 is 1.17. The number of nitrogen functional groups attached to an aromatic ring is 1. The zero-order valence-electron chi connectivity index (χ0n) is 7.30. The first-order valence-electron chi connectivity index (χ1n) is 4.18. The third-order valence-electron chi connectivity index (χ3n) is 2.12. The number of anilines is 1. The standard InChI is InChI=1S/C10H10ClNS/c1-2-6-3-4-8-7(5-6)9(11)10(12)13-8/h3-5H,2,12H2,1H3. The van der Waals surface area contributed by atoms with Gasteiger partial charge in [0.1, 0.15) is 5.00 Å². The van der Waals surface area contributed by atoms with E-state index >= 15 is 0 Å². The summed E-state index contributed by atoms with van der Waals surface area (Å²) in [6, 6.07) is 6.32. The minimum atomic E-state index is 0.704. The van der Waals surface area contributed by atoms with Crippen molar-refractivity contribution in [3.8, 4) is 0 Å². The van der Waals surface area contributed by atoms with Crippen LogP contribution >= 0.6 is 22.9 Å². The summed E-state index contributed by atoms with van der Waals surface area (Å²) >= 11 is 7.60. The number of aryl methyl sites for hydroxylation is 1. The van der Waals surface area contributed by atoms with E-state index < -0.39 is 0 Å². The minimum absolute atomic E-state index is 0.704. The Labute approximate surface area is 86.1 Å². The highest BCUT2D eigenvalue weighted by atomic mass is 35.5. The molecular weight excluding hydrogens is 202 g/mol. The van der Waals surface area contributed by atoms with Gasteiger partial charge in [-0.25, -0.2) is 0 Å². The average molecular weight is 212 g/mol. The van der Waals surface area contributed by atoms with Crippen LogP contribution in [0.3, 0.4) is 0 Å². The molecule has 0 atom stereocenters. The van der Waals surface area contributed by atoms with Crippen molar-refractivity contribution in [1.82, 2.24) is 0 Å². The zero-order chi connectivity index (χ0) is 9.42. The van der Waals surface area contributed by atoms with E-state index in [4.69, 9.17) is 17.3 Å². The Morgan fingerprint density at radius 1 is 1.46 bits per heavy atom. The van der Waals surface area contributed by atoms with E-state index in [1.807, 2.05) is 0 Å². The second-order valence-electron chi connectivity index (χ2n) is 2.96. The molecule has 1 aromatic carbocycles. The van der Waals surface area contributed by atoms with Gasteiger partial charge in [0, 0.05) is 10.1 Å². The molecule has 0 unspecified atom stereocenters. The SMILES string of the molecule is CCc1ccc2sc(N)c(Cl)c2c1. The van der Waals surface area contributed by atoms with Crippen LogP contribution in [0.15, 0.2) is 18.2 Å². The molecule has 1 nitrogen and oxygen atoms in total. The zero-order valence-corrected chi connectivity index (χ0v) is 8.88. The predicted molar refractivity (Wildman–Crippen MR) is 60.6 cm³/mol. The van der Waals surface area contributed by atoms with Crippen molar-refractivity contribution in [3.63, 3.8) is 0 Å². The second-order valence-corrected chi connectivity index (χ2v) is 4.43. The normalized spacial score (nSPS) is 10.9. The van der Waals surface area contributed by atoms with Gasteiger partial charge in [-0.05, 0) is 24.1 Å². The van der Waals surface area contributed by atoms with E-state index in [1.54, 1.807) is 11.3 Å². The summed E-state index contributed by atoms with van der Waals surface area (Å²) in [5, 5.41) is 2.50. The Morgan fingerprint density at radius 3 is 2.92 bits per heavy atom. The maximum atomic E-state index is 6.06. The molecule has 2 aromatic rings. The largest absolute Gasteiger partial charge is 0.389 e. The predicted octanol–water partition coefficient (Wildman–Crippen LogP) is 3.70. The van der Waals surface area contributed by atoms with Crippen LogP contribution in [0.1, 0.15) is 12.5 Å². The molecule has 0 aliphatic rings. The van der Waals surface area contributed by atoms with Gasteiger partial charge in [-0.2, -0.15) is 0 Å². The van der Waals surface area contributed by atoms with Gasteiger partial charge in [-0.15, -0.1) is 11.3 Å². The van der Waals surface area contributed by atoms with Crippen molar-refractivity contribution in [2.75, 3.05) is 5.73 Å². The Balaban J connectivity index is 2.75. The Kier molecular flexibility index (Phi) is 2.18. The van der Waals surface area contributed by atoms with Gasteiger partial charge in [0.05, 0.1) is 5.02 Å². The summed E-state index contributed by atoms with van der Waals surface area (Å²) in [4.78, 5) is 0. The third-order valence-corrected chi connectivity index (χ3v) is 3.64. The fourth-order valence-corrected chi connectivity index (χ4v) is 2.53. The molecule has 0 spiro atoms. The van der Waals surface area contributed by atoms with Crippen LogP contribution in [0.25, 0.3) is 10.1 Å². The number of benzene rings is 1. The highest BCUT2D eigenvalue weighted by Crippen LogP contribution is 2.37. The van der Waals surface area contributed by atoms with Crippen molar-refractivity contribution in [1.29, 1.82) is 0 Å². The van der Waals surface area contributed by atoms with Crippen molar-refractivity contribution in [2.24, 2.45) is 0 Å². The highest BCUT2D eigenvalue weighted by molar-refractivity contribution is 7.23. The number of rotatable bonds is 1. The van der Waals surface area contributed by atoms with Gasteiger partial charge in [-0.1, -0.05) is 24.6 Å². The van der Waals surface area contributed by atoms with Gasteiger partial charge in [0.2, 0.25) is 0 Å². The Hall–Kier alpha value is -0.730. The number of fused-ring (bicyclic) bond motifs is 1. The van der Waals surface area contributed by atoms with Crippen LogP contribution in [0.4, 0.5) is 5.00 Å². The number of hydrogen-bond donors (Lipinski definition) is 1. The summed E-state index contributed by atoms with van der Waals surface area (Å²) in [7, 11) is 0. The lowest BCUT2D eigenvalue weighted by atomic mass is 10.1. The van der Waals surface area contributed by atoms with E-state index in [0.29, 0.717) is 10.0 Å². The van der Waals surface area contributed by atoms with Gasteiger partial charge in [-0.3, -0.25) is 0 Å². The van der Waals surface area contributed by atoms with E-state index in [9.17, 15) is 0 Å². The van der Waals surface area contributed by atoms with Crippen LogP contribution in [0.2, 0.25) is 5.02 Å². The lowest BCUT2D eigenvalue weighted by Gasteiger charge is -1.95. The fourth-order valence-electron chi connectivity index (χ4n) is 1.35. The summed E-state index contributed by atoms with van der Waals surface area (Å²) in [5.74, 6) is 0. The first-order chi connectivity index (χ1) is 6.22. The molecule has 2 N–H and O–H groups in total. The van der Waals surface area contributed by atoms with Crippen LogP contribution in [0.5, 0.6) is 0 Å². The maximum Gasteiger partial charge on any atom is 0.106 e. The lowest BCUT2D eigenvalue weighted by Crippen LogP contribution is -1.78. The number of nitrogens with two attached hydrogens (primary N) is 1. The maximum absolute atomic E-state index is 6.06. The summed E-state index contributed by atoms with van der Waals surface area (Å²) in [6.45, 7) is 2.13. The molecule has 0 amide bonds. The molecule has 0 saturated heterocycles. The second kappa shape index (κ2) is 3.20. The molecular formula is C10H10ClNS.